The van der Waals surface area contributed by atoms with Gasteiger partial charge in [-0.05, 0) is 29.3 Å². The number of hydrogen-bond donors (Lipinski definition) is 0. The first-order chi connectivity index (χ1) is 8.66. The molecule has 0 unspecified atom stereocenters. The minimum absolute atomic E-state index is 0.00759. The molecule has 0 N–H and O–H groups in total. The van der Waals surface area contributed by atoms with Crippen molar-refractivity contribution in [3.8, 4) is 0 Å². The van der Waals surface area contributed by atoms with Gasteiger partial charge in [-0.1, -0.05) is 35.9 Å². The van der Waals surface area contributed by atoms with Gasteiger partial charge in [0.05, 0.1) is 5.02 Å². The summed E-state index contributed by atoms with van der Waals surface area (Å²) in [7, 11) is 0. The van der Waals surface area contributed by atoms with Crippen LogP contribution in [-0.2, 0) is 0 Å². The molecule has 1 aliphatic carbocycles. The summed E-state index contributed by atoms with van der Waals surface area (Å²) in [6.45, 7) is 0. The Labute approximate surface area is 109 Å². The van der Waals surface area contributed by atoms with Gasteiger partial charge in [-0.15, -0.1) is 0 Å². The number of ketones is 1. The Kier molecular flexibility index (Phi) is 2.67. The molecular formula is C15H10ClFO. The summed E-state index contributed by atoms with van der Waals surface area (Å²) in [5, 5.41) is 0.502. The Balaban J connectivity index is 2.10. The molecule has 0 fully saturated rings. The van der Waals surface area contributed by atoms with E-state index >= 15 is 0 Å². The van der Waals surface area contributed by atoms with Crippen molar-refractivity contribution in [2.45, 2.75) is 12.3 Å². The van der Waals surface area contributed by atoms with E-state index in [0.29, 0.717) is 17.0 Å². The number of fused-ring (bicyclic) bond motifs is 1. The fourth-order valence-corrected chi connectivity index (χ4v) is 2.80. The molecule has 3 heteroatoms. The molecular weight excluding hydrogens is 251 g/mol. The summed E-state index contributed by atoms with van der Waals surface area (Å²) in [6, 6.07) is 11.8. The van der Waals surface area contributed by atoms with Gasteiger partial charge in [0.25, 0.3) is 0 Å². The Morgan fingerprint density at radius 2 is 1.83 bits per heavy atom. The van der Waals surface area contributed by atoms with Crippen LogP contribution in [0.25, 0.3) is 0 Å². The topological polar surface area (TPSA) is 17.1 Å². The zero-order valence-electron chi connectivity index (χ0n) is 9.49. The molecule has 0 bridgehead atoms. The van der Waals surface area contributed by atoms with Crippen molar-refractivity contribution < 1.29 is 9.18 Å². The third-order valence-electron chi connectivity index (χ3n) is 3.36. The predicted molar refractivity (Wildman–Crippen MR) is 68.6 cm³/mol. The fourth-order valence-electron chi connectivity index (χ4n) is 2.52. The van der Waals surface area contributed by atoms with E-state index in [9.17, 15) is 9.18 Å². The van der Waals surface area contributed by atoms with Crippen molar-refractivity contribution in [2.75, 3.05) is 0 Å². The summed E-state index contributed by atoms with van der Waals surface area (Å²) >= 11 is 6.06. The van der Waals surface area contributed by atoms with Crippen LogP contribution in [0.2, 0.25) is 5.02 Å². The van der Waals surface area contributed by atoms with E-state index in [0.717, 1.165) is 11.1 Å². The molecule has 0 amide bonds. The van der Waals surface area contributed by atoms with Gasteiger partial charge in [0.2, 0.25) is 0 Å². The lowest BCUT2D eigenvalue weighted by molar-refractivity contribution is 0.0991. The normalized spacial score (nSPS) is 17.9. The molecule has 18 heavy (non-hydrogen) atoms. The molecule has 0 aliphatic heterocycles. The average Bonchev–Trinajstić information content (AvgIpc) is 2.69. The number of carbonyl (C=O) groups is 1. The Morgan fingerprint density at radius 1 is 1.11 bits per heavy atom. The fraction of sp³-hybridized carbons (Fsp3) is 0.133. The molecule has 3 rings (SSSR count). The molecule has 1 nitrogen and oxygen atoms in total. The van der Waals surface area contributed by atoms with Gasteiger partial charge in [0.15, 0.2) is 5.78 Å². The lowest BCUT2D eigenvalue weighted by Crippen LogP contribution is -1.96. The highest BCUT2D eigenvalue weighted by Gasteiger charge is 2.31. The molecule has 0 aromatic heterocycles. The first-order valence-electron chi connectivity index (χ1n) is 5.74. The van der Waals surface area contributed by atoms with Crippen molar-refractivity contribution in [3.05, 3.63) is 70.0 Å². The molecule has 0 radical (unpaired) electrons. The maximum Gasteiger partial charge on any atom is 0.165 e. The van der Waals surface area contributed by atoms with Crippen LogP contribution < -0.4 is 0 Å². The van der Waals surface area contributed by atoms with Gasteiger partial charge < -0.3 is 0 Å². The first kappa shape index (κ1) is 11.4. The minimum Gasteiger partial charge on any atom is -0.294 e. The summed E-state index contributed by atoms with van der Waals surface area (Å²) < 4.78 is 12.9. The van der Waals surface area contributed by atoms with Crippen LogP contribution in [-0.4, -0.2) is 5.78 Å². The van der Waals surface area contributed by atoms with Gasteiger partial charge >= 0.3 is 0 Å². The number of benzene rings is 2. The zero-order chi connectivity index (χ0) is 12.7. The van der Waals surface area contributed by atoms with E-state index < -0.39 is 0 Å². The molecule has 2 aromatic carbocycles. The van der Waals surface area contributed by atoms with Gasteiger partial charge in [-0.25, -0.2) is 4.39 Å². The highest BCUT2D eigenvalue weighted by molar-refractivity contribution is 6.34. The van der Waals surface area contributed by atoms with Crippen LogP contribution in [0, 0.1) is 5.82 Å². The van der Waals surface area contributed by atoms with E-state index in [4.69, 9.17) is 11.6 Å². The second-order valence-corrected chi connectivity index (χ2v) is 4.84. The van der Waals surface area contributed by atoms with Crippen LogP contribution in [0.4, 0.5) is 4.39 Å². The second-order valence-electron chi connectivity index (χ2n) is 4.44. The molecule has 0 heterocycles. The molecule has 0 saturated carbocycles. The number of Topliss-reactive ketones (excluding diaryl/α,β-unsaturated/α-hetero) is 1. The van der Waals surface area contributed by atoms with Gasteiger partial charge in [-0.3, -0.25) is 4.79 Å². The van der Waals surface area contributed by atoms with Crippen LogP contribution in [0.3, 0.4) is 0 Å². The highest BCUT2D eigenvalue weighted by Crippen LogP contribution is 2.40. The molecule has 90 valence electrons. The van der Waals surface area contributed by atoms with Gasteiger partial charge in [-0.2, -0.15) is 0 Å². The number of halogens is 2. The van der Waals surface area contributed by atoms with Crippen molar-refractivity contribution in [3.63, 3.8) is 0 Å². The highest BCUT2D eigenvalue weighted by atomic mass is 35.5. The number of hydrogen-bond acceptors (Lipinski definition) is 1. The molecule has 1 atom stereocenters. The quantitative estimate of drug-likeness (QED) is 0.751. The maximum absolute atomic E-state index is 12.9. The smallest absolute Gasteiger partial charge is 0.165 e. The lowest BCUT2D eigenvalue weighted by atomic mass is 9.93. The van der Waals surface area contributed by atoms with Crippen LogP contribution in [0.5, 0.6) is 0 Å². The van der Waals surface area contributed by atoms with Crippen molar-refractivity contribution in [1.82, 2.24) is 0 Å². The van der Waals surface area contributed by atoms with Crippen molar-refractivity contribution in [2.24, 2.45) is 0 Å². The van der Waals surface area contributed by atoms with Crippen molar-refractivity contribution in [1.29, 1.82) is 0 Å². The second kappa shape index (κ2) is 4.21. The monoisotopic (exact) mass is 260 g/mol. The predicted octanol–water partition coefficient (Wildman–Crippen LogP) is 4.20. The molecule has 0 saturated heterocycles. The molecule has 1 aliphatic rings. The third kappa shape index (κ3) is 1.73. The molecule has 0 spiro atoms. The zero-order valence-corrected chi connectivity index (χ0v) is 10.2. The standard InChI is InChI=1S/C15H10ClFO/c16-13-3-1-2-11-12(8-14(18)15(11)13)9-4-6-10(17)7-5-9/h1-7,12H,8H2/t12-/m1/s1. The average molecular weight is 261 g/mol. The summed E-state index contributed by atoms with van der Waals surface area (Å²) in [6.07, 6.45) is 0.407. The maximum atomic E-state index is 12.9. The van der Waals surface area contributed by atoms with Crippen LogP contribution >= 0.6 is 11.6 Å². The van der Waals surface area contributed by atoms with E-state index in [2.05, 4.69) is 0 Å². The van der Waals surface area contributed by atoms with E-state index in [1.54, 1.807) is 18.2 Å². The Morgan fingerprint density at radius 3 is 2.56 bits per heavy atom. The van der Waals surface area contributed by atoms with Crippen molar-refractivity contribution >= 4 is 17.4 Å². The summed E-state index contributed by atoms with van der Waals surface area (Å²) in [4.78, 5) is 12.0. The van der Waals surface area contributed by atoms with E-state index in [1.165, 1.54) is 12.1 Å². The number of carbonyl (C=O) groups excluding carboxylic acids is 1. The SMILES string of the molecule is O=C1C[C@H](c2ccc(F)cc2)c2cccc(Cl)c21. The van der Waals surface area contributed by atoms with E-state index in [-0.39, 0.29) is 17.5 Å². The minimum atomic E-state index is -0.269. The number of rotatable bonds is 1. The van der Waals surface area contributed by atoms with Gasteiger partial charge in [0, 0.05) is 17.9 Å². The Hall–Kier alpha value is -1.67. The van der Waals surface area contributed by atoms with Crippen LogP contribution in [0.15, 0.2) is 42.5 Å². The lowest BCUT2D eigenvalue weighted by Gasteiger charge is -2.11. The van der Waals surface area contributed by atoms with Crippen LogP contribution in [0.1, 0.15) is 33.8 Å². The summed E-state index contributed by atoms with van der Waals surface area (Å²) in [5.41, 5.74) is 2.51. The molecule has 2 aromatic rings. The summed E-state index contributed by atoms with van der Waals surface area (Å²) in [5.74, 6) is -0.217. The Bertz CT molecular complexity index is 619. The first-order valence-corrected chi connectivity index (χ1v) is 6.11. The van der Waals surface area contributed by atoms with Gasteiger partial charge in [0.1, 0.15) is 5.82 Å². The largest absolute Gasteiger partial charge is 0.294 e. The van der Waals surface area contributed by atoms with E-state index in [1.807, 2.05) is 12.1 Å². The third-order valence-corrected chi connectivity index (χ3v) is 3.68.